The fourth-order valence-corrected chi connectivity index (χ4v) is 3.61. The molecule has 3 aromatic rings. The van der Waals surface area contributed by atoms with Crippen LogP contribution >= 0.6 is 11.8 Å². The first-order valence-electron chi connectivity index (χ1n) is 8.72. The zero-order chi connectivity index (χ0) is 20.3. The average Bonchev–Trinajstić information content (AvgIpc) is 2.66. The molecule has 0 unspecified atom stereocenters. The summed E-state index contributed by atoms with van der Waals surface area (Å²) in [5.41, 5.74) is 11.3. The lowest BCUT2D eigenvalue weighted by molar-refractivity contribution is 0.969. The molecule has 28 heavy (non-hydrogen) atoms. The van der Waals surface area contributed by atoms with Crippen LogP contribution in [0.1, 0.15) is 33.8 Å². The monoisotopic (exact) mass is 391 g/mol. The molecule has 0 bridgehead atoms. The number of benzene rings is 1. The average molecular weight is 392 g/mol. The molecule has 1 aromatic carbocycles. The van der Waals surface area contributed by atoms with E-state index in [2.05, 4.69) is 31.3 Å². The molecule has 2 heterocycles. The summed E-state index contributed by atoms with van der Waals surface area (Å²) in [6, 6.07) is 10.1. The third kappa shape index (κ3) is 4.21. The van der Waals surface area contributed by atoms with Crippen LogP contribution in [0.25, 0.3) is 0 Å². The van der Waals surface area contributed by atoms with E-state index in [1.54, 1.807) is 0 Å². The molecule has 0 saturated heterocycles. The van der Waals surface area contributed by atoms with Crippen molar-refractivity contribution >= 4 is 29.3 Å². The lowest BCUT2D eigenvalue weighted by Gasteiger charge is -2.11. The Morgan fingerprint density at radius 1 is 1.04 bits per heavy atom. The molecular weight excluding hydrogens is 370 g/mol. The molecule has 142 valence electrons. The predicted octanol–water partition coefficient (Wildman–Crippen LogP) is 3.99. The zero-order valence-corrected chi connectivity index (χ0v) is 17.1. The number of nitrogen functional groups attached to an aromatic ring is 1. The van der Waals surface area contributed by atoms with E-state index in [1.807, 2.05) is 52.0 Å². The van der Waals surface area contributed by atoms with Crippen molar-refractivity contribution in [2.24, 2.45) is 0 Å². The normalized spacial score (nSPS) is 10.5. The standard InChI is InChI=1S/C20H21N7S/c1-11-7-5-6-8-16(11)24-20-26-17(25-19(22)27-20)10-28-18-15(9-21)13(3)12(2)14(4)23-18/h5-8H,10H2,1-4H3,(H3,22,24,25,26,27). The molecule has 0 radical (unpaired) electrons. The summed E-state index contributed by atoms with van der Waals surface area (Å²) in [4.78, 5) is 17.4. The van der Waals surface area contributed by atoms with E-state index in [-0.39, 0.29) is 5.95 Å². The third-order valence-corrected chi connectivity index (χ3v) is 5.48. The fraction of sp³-hybridized carbons (Fsp3) is 0.250. The Hall–Kier alpha value is -3.18. The Kier molecular flexibility index (Phi) is 5.76. The van der Waals surface area contributed by atoms with Crippen LogP contribution in [0.15, 0.2) is 29.3 Å². The predicted molar refractivity (Wildman–Crippen MR) is 111 cm³/mol. The molecule has 0 spiro atoms. The van der Waals surface area contributed by atoms with Crippen LogP contribution in [0.4, 0.5) is 17.6 Å². The maximum absolute atomic E-state index is 9.52. The van der Waals surface area contributed by atoms with Gasteiger partial charge < -0.3 is 11.1 Å². The Labute approximate surface area is 168 Å². The Morgan fingerprint density at radius 3 is 2.50 bits per heavy atom. The van der Waals surface area contributed by atoms with Crippen LogP contribution < -0.4 is 11.1 Å². The number of nitriles is 1. The smallest absolute Gasteiger partial charge is 0.232 e. The highest BCUT2D eigenvalue weighted by atomic mass is 32.2. The van der Waals surface area contributed by atoms with Gasteiger partial charge in [-0.1, -0.05) is 30.0 Å². The molecule has 0 fully saturated rings. The van der Waals surface area contributed by atoms with E-state index in [0.29, 0.717) is 28.1 Å². The van der Waals surface area contributed by atoms with Gasteiger partial charge in [0.2, 0.25) is 11.9 Å². The topological polar surface area (TPSA) is 113 Å². The molecule has 0 aliphatic rings. The lowest BCUT2D eigenvalue weighted by Crippen LogP contribution is -2.07. The molecule has 8 heteroatoms. The van der Waals surface area contributed by atoms with Crippen molar-refractivity contribution in [2.75, 3.05) is 11.1 Å². The quantitative estimate of drug-likeness (QED) is 0.628. The number of aryl methyl sites for hydroxylation is 2. The van der Waals surface area contributed by atoms with E-state index >= 15 is 0 Å². The van der Waals surface area contributed by atoms with Gasteiger partial charge in [-0.05, 0) is 50.5 Å². The van der Waals surface area contributed by atoms with Gasteiger partial charge in [-0.15, -0.1) is 0 Å². The molecule has 0 atom stereocenters. The third-order valence-electron chi connectivity index (χ3n) is 4.50. The minimum absolute atomic E-state index is 0.145. The molecule has 0 aliphatic heterocycles. The Morgan fingerprint density at radius 2 is 1.79 bits per heavy atom. The van der Waals surface area contributed by atoms with Crippen molar-refractivity contribution in [3.8, 4) is 6.07 Å². The number of pyridine rings is 1. The van der Waals surface area contributed by atoms with E-state index in [4.69, 9.17) is 5.73 Å². The summed E-state index contributed by atoms with van der Waals surface area (Å²) in [6.07, 6.45) is 0. The van der Waals surface area contributed by atoms with Gasteiger partial charge in [-0.2, -0.15) is 20.2 Å². The van der Waals surface area contributed by atoms with Crippen molar-refractivity contribution in [1.29, 1.82) is 5.26 Å². The summed E-state index contributed by atoms with van der Waals surface area (Å²) in [5, 5.41) is 13.4. The number of nitrogens with zero attached hydrogens (tertiary/aromatic N) is 5. The summed E-state index contributed by atoms with van der Waals surface area (Å²) >= 11 is 1.42. The lowest BCUT2D eigenvalue weighted by atomic mass is 10.1. The van der Waals surface area contributed by atoms with Gasteiger partial charge >= 0.3 is 0 Å². The number of thioether (sulfide) groups is 1. The molecule has 0 saturated carbocycles. The number of para-hydroxylation sites is 1. The minimum Gasteiger partial charge on any atom is -0.368 e. The van der Waals surface area contributed by atoms with Crippen molar-refractivity contribution in [3.63, 3.8) is 0 Å². The van der Waals surface area contributed by atoms with Crippen molar-refractivity contribution in [2.45, 2.75) is 38.5 Å². The number of rotatable bonds is 5. The fourth-order valence-electron chi connectivity index (χ4n) is 2.67. The van der Waals surface area contributed by atoms with Crippen LogP contribution in [0, 0.1) is 39.0 Å². The number of hydrogen-bond acceptors (Lipinski definition) is 8. The molecule has 3 N–H and O–H groups in total. The van der Waals surface area contributed by atoms with Crippen molar-refractivity contribution in [1.82, 2.24) is 19.9 Å². The van der Waals surface area contributed by atoms with E-state index in [1.165, 1.54) is 11.8 Å². The minimum atomic E-state index is 0.145. The number of nitrogens with one attached hydrogen (secondary N) is 1. The summed E-state index contributed by atoms with van der Waals surface area (Å²) < 4.78 is 0. The number of aromatic nitrogens is 4. The Balaban J connectivity index is 1.84. The van der Waals surface area contributed by atoms with Crippen LogP contribution in [0.5, 0.6) is 0 Å². The zero-order valence-electron chi connectivity index (χ0n) is 16.2. The first-order chi connectivity index (χ1) is 13.4. The number of anilines is 3. The van der Waals surface area contributed by atoms with Gasteiger partial charge in [0.05, 0.1) is 11.3 Å². The van der Waals surface area contributed by atoms with Gasteiger partial charge in [0, 0.05) is 11.4 Å². The second-order valence-corrected chi connectivity index (χ2v) is 7.37. The van der Waals surface area contributed by atoms with Gasteiger partial charge in [0.1, 0.15) is 16.9 Å². The second-order valence-electron chi connectivity index (χ2n) is 6.40. The van der Waals surface area contributed by atoms with Crippen LogP contribution in [-0.2, 0) is 5.75 Å². The molecule has 7 nitrogen and oxygen atoms in total. The molecule has 0 aliphatic carbocycles. The van der Waals surface area contributed by atoms with E-state index < -0.39 is 0 Å². The maximum Gasteiger partial charge on any atom is 0.232 e. The van der Waals surface area contributed by atoms with Gasteiger partial charge in [-0.25, -0.2) is 4.98 Å². The maximum atomic E-state index is 9.52. The highest BCUT2D eigenvalue weighted by Crippen LogP contribution is 2.28. The van der Waals surface area contributed by atoms with Gasteiger partial charge in [0.25, 0.3) is 0 Å². The highest BCUT2D eigenvalue weighted by molar-refractivity contribution is 7.98. The van der Waals surface area contributed by atoms with Gasteiger partial charge in [-0.3, -0.25) is 0 Å². The highest BCUT2D eigenvalue weighted by Gasteiger charge is 2.14. The first kappa shape index (κ1) is 19.6. The van der Waals surface area contributed by atoms with E-state index in [9.17, 15) is 5.26 Å². The summed E-state index contributed by atoms with van der Waals surface area (Å²) in [6.45, 7) is 7.86. The number of nitrogens with two attached hydrogens (primary N) is 1. The molecular formula is C20H21N7S. The largest absolute Gasteiger partial charge is 0.368 e. The van der Waals surface area contributed by atoms with Crippen molar-refractivity contribution in [3.05, 3.63) is 58.0 Å². The van der Waals surface area contributed by atoms with Crippen LogP contribution in [0.3, 0.4) is 0 Å². The first-order valence-corrected chi connectivity index (χ1v) is 9.71. The van der Waals surface area contributed by atoms with Crippen molar-refractivity contribution < 1.29 is 0 Å². The SMILES string of the molecule is Cc1ccccc1Nc1nc(N)nc(CSc2nc(C)c(C)c(C)c2C#N)n1. The van der Waals surface area contributed by atoms with Gasteiger partial charge in [0.15, 0.2) is 0 Å². The number of hydrogen-bond donors (Lipinski definition) is 2. The van der Waals surface area contributed by atoms with Crippen LogP contribution in [-0.4, -0.2) is 19.9 Å². The summed E-state index contributed by atoms with van der Waals surface area (Å²) in [5.74, 6) is 1.49. The van der Waals surface area contributed by atoms with E-state index in [0.717, 1.165) is 28.1 Å². The molecule has 3 rings (SSSR count). The molecule has 2 aromatic heterocycles. The Bertz CT molecular complexity index is 1070. The summed E-state index contributed by atoms with van der Waals surface area (Å²) in [7, 11) is 0. The molecule has 0 amide bonds. The second kappa shape index (κ2) is 8.23. The van der Waals surface area contributed by atoms with Crippen LogP contribution in [0.2, 0.25) is 0 Å².